The first kappa shape index (κ1) is 21.0. The molecule has 0 aliphatic rings. The fourth-order valence-corrected chi connectivity index (χ4v) is 3.90. The standard InChI is InChI=1S/C17H9Br2F4NO3S/c1-28(25,26)13-5-3-8(7-12(13)20)14-15(24-27-16(14)17(21,22)23)9-2-4-10(18)11(19)6-9/h2-7H,1H3. The Morgan fingerprint density at radius 2 is 1.64 bits per heavy atom. The van der Waals surface area contributed by atoms with E-state index in [-0.39, 0.29) is 16.8 Å². The summed E-state index contributed by atoms with van der Waals surface area (Å²) >= 11 is 6.52. The second-order valence-electron chi connectivity index (χ2n) is 5.78. The van der Waals surface area contributed by atoms with Crippen LogP contribution in [0.15, 0.2) is 54.8 Å². The molecule has 0 spiro atoms. The summed E-state index contributed by atoms with van der Waals surface area (Å²) in [5.41, 5.74) is -0.572. The van der Waals surface area contributed by atoms with Gasteiger partial charge in [0.15, 0.2) is 9.84 Å². The van der Waals surface area contributed by atoms with E-state index in [1.165, 1.54) is 12.1 Å². The van der Waals surface area contributed by atoms with Crippen LogP contribution in [0.1, 0.15) is 5.76 Å². The first-order valence-corrected chi connectivity index (χ1v) is 10.9. The van der Waals surface area contributed by atoms with Crippen molar-refractivity contribution in [3.05, 3.63) is 56.9 Å². The lowest BCUT2D eigenvalue weighted by atomic mass is 9.99. The van der Waals surface area contributed by atoms with Crippen molar-refractivity contribution in [3.63, 3.8) is 0 Å². The van der Waals surface area contributed by atoms with Gasteiger partial charge < -0.3 is 4.52 Å². The van der Waals surface area contributed by atoms with Gasteiger partial charge in [0, 0.05) is 20.8 Å². The van der Waals surface area contributed by atoms with Crippen molar-refractivity contribution in [1.29, 1.82) is 0 Å². The van der Waals surface area contributed by atoms with E-state index in [1.807, 2.05) is 0 Å². The fraction of sp³-hybridized carbons (Fsp3) is 0.118. The van der Waals surface area contributed by atoms with Gasteiger partial charge in [-0.25, -0.2) is 12.8 Å². The minimum atomic E-state index is -4.89. The minimum Gasteiger partial charge on any atom is -0.350 e. The quantitative estimate of drug-likeness (QED) is 0.375. The number of halogens is 6. The van der Waals surface area contributed by atoms with Crippen LogP contribution in [-0.2, 0) is 16.0 Å². The zero-order valence-corrected chi connectivity index (χ0v) is 17.8. The van der Waals surface area contributed by atoms with Crippen LogP contribution in [-0.4, -0.2) is 19.8 Å². The number of benzene rings is 2. The molecule has 0 aliphatic heterocycles. The van der Waals surface area contributed by atoms with Crippen LogP contribution in [0.3, 0.4) is 0 Å². The van der Waals surface area contributed by atoms with Gasteiger partial charge in [-0.05, 0) is 61.7 Å². The number of rotatable bonds is 3. The molecule has 0 saturated heterocycles. The molecule has 3 aromatic rings. The summed E-state index contributed by atoms with van der Waals surface area (Å²) in [6.45, 7) is 0. The van der Waals surface area contributed by atoms with E-state index in [2.05, 4.69) is 41.5 Å². The Labute approximate surface area is 173 Å². The van der Waals surface area contributed by atoms with Crippen LogP contribution in [0.25, 0.3) is 22.4 Å². The molecule has 1 aromatic heterocycles. The number of hydrogen-bond acceptors (Lipinski definition) is 4. The lowest BCUT2D eigenvalue weighted by Gasteiger charge is -2.09. The van der Waals surface area contributed by atoms with E-state index in [0.29, 0.717) is 8.95 Å². The second kappa shape index (κ2) is 7.27. The molecule has 11 heteroatoms. The van der Waals surface area contributed by atoms with Crippen molar-refractivity contribution in [2.45, 2.75) is 11.1 Å². The number of aromatic nitrogens is 1. The molecule has 0 unspecified atom stereocenters. The van der Waals surface area contributed by atoms with Crippen molar-refractivity contribution in [1.82, 2.24) is 5.16 Å². The van der Waals surface area contributed by atoms with Gasteiger partial charge in [0.2, 0.25) is 5.76 Å². The van der Waals surface area contributed by atoms with Crippen LogP contribution in [0.4, 0.5) is 17.6 Å². The Bertz CT molecular complexity index is 1170. The number of hydrogen-bond donors (Lipinski definition) is 0. The van der Waals surface area contributed by atoms with Crippen LogP contribution < -0.4 is 0 Å². The molecule has 148 valence electrons. The zero-order valence-electron chi connectivity index (χ0n) is 13.8. The summed E-state index contributed by atoms with van der Waals surface area (Å²) < 4.78 is 83.5. The molecule has 0 aliphatic carbocycles. The van der Waals surface area contributed by atoms with Crippen LogP contribution in [0.5, 0.6) is 0 Å². The zero-order chi connectivity index (χ0) is 20.9. The minimum absolute atomic E-state index is 0.160. The molecule has 4 nitrogen and oxygen atoms in total. The molecule has 0 amide bonds. The van der Waals surface area contributed by atoms with E-state index < -0.39 is 38.0 Å². The van der Waals surface area contributed by atoms with Gasteiger partial charge in [-0.3, -0.25) is 0 Å². The monoisotopic (exact) mass is 541 g/mol. The normalized spacial score (nSPS) is 12.4. The van der Waals surface area contributed by atoms with E-state index in [0.717, 1.165) is 24.5 Å². The van der Waals surface area contributed by atoms with Crippen LogP contribution in [0, 0.1) is 5.82 Å². The van der Waals surface area contributed by atoms with E-state index in [1.54, 1.807) is 6.07 Å². The third-order valence-corrected chi connectivity index (χ3v) is 6.77. The summed E-state index contributed by atoms with van der Waals surface area (Å²) in [5, 5.41) is 3.53. The number of nitrogens with zero attached hydrogens (tertiary/aromatic N) is 1. The smallest absolute Gasteiger partial charge is 0.350 e. The molecule has 0 bridgehead atoms. The number of sulfone groups is 1. The van der Waals surface area contributed by atoms with Gasteiger partial charge >= 0.3 is 6.18 Å². The maximum atomic E-state index is 14.3. The molecular weight excluding hydrogens is 534 g/mol. The largest absolute Gasteiger partial charge is 0.453 e. The van der Waals surface area contributed by atoms with Crippen molar-refractivity contribution in [2.24, 2.45) is 0 Å². The molecule has 0 radical (unpaired) electrons. The Balaban J connectivity index is 2.28. The molecule has 3 rings (SSSR count). The lowest BCUT2D eigenvalue weighted by molar-refractivity contribution is -0.154. The highest BCUT2D eigenvalue weighted by Gasteiger charge is 2.41. The molecule has 28 heavy (non-hydrogen) atoms. The van der Waals surface area contributed by atoms with Crippen molar-refractivity contribution >= 4 is 41.7 Å². The highest BCUT2D eigenvalue weighted by molar-refractivity contribution is 9.13. The predicted octanol–water partition coefficient (Wildman–Crippen LogP) is 6.10. The third-order valence-electron chi connectivity index (χ3n) is 3.76. The first-order valence-electron chi connectivity index (χ1n) is 7.42. The molecule has 0 atom stereocenters. The van der Waals surface area contributed by atoms with Gasteiger partial charge in [-0.1, -0.05) is 17.3 Å². The van der Waals surface area contributed by atoms with Crippen molar-refractivity contribution in [3.8, 4) is 22.4 Å². The molecule has 0 saturated carbocycles. The Kier molecular flexibility index (Phi) is 5.45. The average Bonchev–Trinajstić information content (AvgIpc) is 3.01. The summed E-state index contributed by atoms with van der Waals surface area (Å²) in [7, 11) is -3.88. The fourth-order valence-electron chi connectivity index (χ4n) is 2.55. The topological polar surface area (TPSA) is 60.2 Å². The van der Waals surface area contributed by atoms with Crippen LogP contribution >= 0.6 is 31.9 Å². The molecular formula is C17H9Br2F4NO3S. The summed E-state index contributed by atoms with van der Waals surface area (Å²) in [4.78, 5) is -0.616. The molecule has 2 aromatic carbocycles. The lowest BCUT2D eigenvalue weighted by Crippen LogP contribution is -2.06. The van der Waals surface area contributed by atoms with E-state index in [4.69, 9.17) is 0 Å². The SMILES string of the molecule is CS(=O)(=O)c1ccc(-c2c(-c3ccc(Br)c(Br)c3)noc2C(F)(F)F)cc1F. The first-order chi connectivity index (χ1) is 12.9. The van der Waals surface area contributed by atoms with Gasteiger partial charge in [-0.2, -0.15) is 13.2 Å². The van der Waals surface area contributed by atoms with Crippen LogP contribution in [0.2, 0.25) is 0 Å². The second-order valence-corrected chi connectivity index (χ2v) is 9.47. The predicted molar refractivity (Wildman–Crippen MR) is 101 cm³/mol. The molecule has 0 fully saturated rings. The maximum absolute atomic E-state index is 14.3. The average molecular weight is 543 g/mol. The van der Waals surface area contributed by atoms with Gasteiger partial charge in [0.1, 0.15) is 16.4 Å². The highest BCUT2D eigenvalue weighted by atomic mass is 79.9. The molecule has 0 N–H and O–H groups in total. The third kappa shape index (κ3) is 4.01. The maximum Gasteiger partial charge on any atom is 0.453 e. The van der Waals surface area contributed by atoms with Crippen molar-refractivity contribution in [2.75, 3.05) is 6.26 Å². The highest BCUT2D eigenvalue weighted by Crippen LogP contribution is 2.43. The molecule has 1 heterocycles. The summed E-state index contributed by atoms with van der Waals surface area (Å²) in [6, 6.07) is 7.34. The summed E-state index contributed by atoms with van der Waals surface area (Å²) in [5.74, 6) is -2.58. The van der Waals surface area contributed by atoms with Gasteiger partial charge in [0.25, 0.3) is 0 Å². The van der Waals surface area contributed by atoms with Gasteiger partial charge in [-0.15, -0.1) is 0 Å². The summed E-state index contributed by atoms with van der Waals surface area (Å²) in [6.07, 6.45) is -4.09. The van der Waals surface area contributed by atoms with E-state index in [9.17, 15) is 26.0 Å². The Morgan fingerprint density at radius 3 is 2.18 bits per heavy atom. The Hall–Kier alpha value is -1.72. The van der Waals surface area contributed by atoms with Gasteiger partial charge in [0.05, 0.1) is 5.56 Å². The van der Waals surface area contributed by atoms with Crippen molar-refractivity contribution < 1.29 is 30.5 Å². The number of alkyl halides is 3. The van der Waals surface area contributed by atoms with E-state index >= 15 is 0 Å². The Morgan fingerprint density at radius 1 is 1.00 bits per heavy atom.